The van der Waals surface area contributed by atoms with Crippen LogP contribution in [0.5, 0.6) is 0 Å². The van der Waals surface area contributed by atoms with Crippen LogP contribution < -0.4 is 5.32 Å². The standard InChI is InChI=1S/C14H20N2/c1-12(11-13-7-9-15-10-8-13)16-14-5-3-2-4-6-14/h2-3,7-10,12,14,16H,4-6,11H2,1H3. The summed E-state index contributed by atoms with van der Waals surface area (Å²) in [7, 11) is 0. The van der Waals surface area contributed by atoms with Gasteiger partial charge in [-0.1, -0.05) is 12.2 Å². The summed E-state index contributed by atoms with van der Waals surface area (Å²) in [5, 5.41) is 3.70. The van der Waals surface area contributed by atoms with Gasteiger partial charge in [0, 0.05) is 24.5 Å². The maximum atomic E-state index is 4.04. The first-order chi connectivity index (χ1) is 7.84. The number of pyridine rings is 1. The summed E-state index contributed by atoms with van der Waals surface area (Å²) >= 11 is 0. The molecule has 0 aromatic carbocycles. The fourth-order valence-corrected chi connectivity index (χ4v) is 2.28. The Balaban J connectivity index is 1.80. The zero-order valence-electron chi connectivity index (χ0n) is 9.89. The molecule has 16 heavy (non-hydrogen) atoms. The summed E-state index contributed by atoms with van der Waals surface area (Å²) in [4.78, 5) is 4.04. The van der Waals surface area contributed by atoms with Crippen molar-refractivity contribution in [3.8, 4) is 0 Å². The van der Waals surface area contributed by atoms with Crippen LogP contribution in [0.4, 0.5) is 0 Å². The molecule has 0 bridgehead atoms. The molecule has 2 nitrogen and oxygen atoms in total. The van der Waals surface area contributed by atoms with Gasteiger partial charge in [0.1, 0.15) is 0 Å². The lowest BCUT2D eigenvalue weighted by Gasteiger charge is -2.24. The third-order valence-electron chi connectivity index (χ3n) is 3.08. The maximum absolute atomic E-state index is 4.04. The van der Waals surface area contributed by atoms with Crippen LogP contribution in [0.1, 0.15) is 31.7 Å². The molecule has 0 spiro atoms. The van der Waals surface area contributed by atoms with Gasteiger partial charge in [0.15, 0.2) is 0 Å². The lowest BCUT2D eigenvalue weighted by molar-refractivity contribution is 0.416. The highest BCUT2D eigenvalue weighted by Crippen LogP contribution is 2.12. The second kappa shape index (κ2) is 5.80. The summed E-state index contributed by atoms with van der Waals surface area (Å²) in [5.41, 5.74) is 1.36. The third kappa shape index (κ3) is 3.46. The molecule has 2 atom stereocenters. The third-order valence-corrected chi connectivity index (χ3v) is 3.08. The van der Waals surface area contributed by atoms with Crippen LogP contribution >= 0.6 is 0 Å². The highest BCUT2D eigenvalue weighted by molar-refractivity contribution is 5.11. The van der Waals surface area contributed by atoms with Gasteiger partial charge in [-0.25, -0.2) is 0 Å². The summed E-state index contributed by atoms with van der Waals surface area (Å²) in [6.07, 6.45) is 13.1. The molecule has 1 N–H and O–H groups in total. The van der Waals surface area contributed by atoms with Crippen molar-refractivity contribution in [1.29, 1.82) is 0 Å². The second-order valence-corrected chi connectivity index (χ2v) is 4.61. The molecule has 0 amide bonds. The van der Waals surface area contributed by atoms with E-state index in [9.17, 15) is 0 Å². The zero-order chi connectivity index (χ0) is 11.2. The zero-order valence-corrected chi connectivity index (χ0v) is 9.89. The van der Waals surface area contributed by atoms with Crippen LogP contribution in [-0.2, 0) is 6.42 Å². The Hall–Kier alpha value is -1.15. The quantitative estimate of drug-likeness (QED) is 0.783. The Labute approximate surface area is 97.8 Å². The number of hydrogen-bond acceptors (Lipinski definition) is 2. The van der Waals surface area contributed by atoms with Gasteiger partial charge in [-0.3, -0.25) is 4.98 Å². The molecule has 0 saturated carbocycles. The van der Waals surface area contributed by atoms with E-state index in [-0.39, 0.29) is 0 Å². The normalized spacial score (nSPS) is 21.9. The Morgan fingerprint density at radius 1 is 1.38 bits per heavy atom. The van der Waals surface area contributed by atoms with Crippen LogP contribution in [0.2, 0.25) is 0 Å². The van der Waals surface area contributed by atoms with Crippen molar-refractivity contribution in [1.82, 2.24) is 10.3 Å². The average molecular weight is 216 g/mol. The molecule has 2 unspecified atom stereocenters. The van der Waals surface area contributed by atoms with E-state index in [1.807, 2.05) is 12.4 Å². The fourth-order valence-electron chi connectivity index (χ4n) is 2.28. The van der Waals surface area contributed by atoms with Crippen molar-refractivity contribution in [2.45, 2.75) is 44.7 Å². The van der Waals surface area contributed by atoms with Gasteiger partial charge in [0.25, 0.3) is 0 Å². The van der Waals surface area contributed by atoms with Crippen molar-refractivity contribution >= 4 is 0 Å². The van der Waals surface area contributed by atoms with Crippen LogP contribution in [-0.4, -0.2) is 17.1 Å². The first kappa shape index (κ1) is 11.3. The second-order valence-electron chi connectivity index (χ2n) is 4.61. The van der Waals surface area contributed by atoms with Crippen molar-refractivity contribution in [2.75, 3.05) is 0 Å². The lowest BCUT2D eigenvalue weighted by Crippen LogP contribution is -2.38. The molecule has 1 aromatic rings. The van der Waals surface area contributed by atoms with E-state index in [1.165, 1.54) is 24.8 Å². The number of rotatable bonds is 4. The molecule has 1 heterocycles. The van der Waals surface area contributed by atoms with E-state index in [4.69, 9.17) is 0 Å². The number of aromatic nitrogens is 1. The van der Waals surface area contributed by atoms with Gasteiger partial charge in [0.2, 0.25) is 0 Å². The Morgan fingerprint density at radius 2 is 2.19 bits per heavy atom. The topological polar surface area (TPSA) is 24.9 Å². The minimum atomic E-state index is 0.541. The number of nitrogens with one attached hydrogen (secondary N) is 1. The molecule has 1 aromatic heterocycles. The van der Waals surface area contributed by atoms with Gasteiger partial charge in [0.05, 0.1) is 0 Å². The van der Waals surface area contributed by atoms with Crippen molar-refractivity contribution in [3.63, 3.8) is 0 Å². The van der Waals surface area contributed by atoms with E-state index in [0.717, 1.165) is 6.42 Å². The smallest absolute Gasteiger partial charge is 0.0270 e. The van der Waals surface area contributed by atoms with Gasteiger partial charge in [-0.15, -0.1) is 0 Å². The van der Waals surface area contributed by atoms with Gasteiger partial charge < -0.3 is 5.32 Å². The molecule has 0 radical (unpaired) electrons. The molecule has 0 fully saturated rings. The maximum Gasteiger partial charge on any atom is 0.0270 e. The molecular weight excluding hydrogens is 196 g/mol. The molecule has 1 aliphatic rings. The number of hydrogen-bond donors (Lipinski definition) is 1. The molecular formula is C14H20N2. The summed E-state index contributed by atoms with van der Waals surface area (Å²) in [5.74, 6) is 0. The van der Waals surface area contributed by atoms with Crippen molar-refractivity contribution in [3.05, 3.63) is 42.2 Å². The van der Waals surface area contributed by atoms with Gasteiger partial charge in [-0.05, 0) is 50.3 Å². The SMILES string of the molecule is CC(Cc1ccncc1)NC1CC=CCC1. The van der Waals surface area contributed by atoms with Crippen LogP contribution in [0, 0.1) is 0 Å². The first-order valence-corrected chi connectivity index (χ1v) is 6.14. The Morgan fingerprint density at radius 3 is 2.88 bits per heavy atom. The minimum Gasteiger partial charge on any atom is -0.311 e. The molecule has 0 saturated heterocycles. The van der Waals surface area contributed by atoms with Gasteiger partial charge >= 0.3 is 0 Å². The highest BCUT2D eigenvalue weighted by Gasteiger charge is 2.12. The summed E-state index contributed by atoms with van der Waals surface area (Å²) < 4.78 is 0. The molecule has 2 rings (SSSR count). The largest absolute Gasteiger partial charge is 0.311 e. The highest BCUT2D eigenvalue weighted by atomic mass is 14.9. The van der Waals surface area contributed by atoms with Crippen molar-refractivity contribution in [2.24, 2.45) is 0 Å². The van der Waals surface area contributed by atoms with E-state index < -0.39 is 0 Å². The van der Waals surface area contributed by atoms with E-state index in [0.29, 0.717) is 12.1 Å². The van der Waals surface area contributed by atoms with E-state index >= 15 is 0 Å². The minimum absolute atomic E-state index is 0.541. The molecule has 1 aliphatic carbocycles. The first-order valence-electron chi connectivity index (χ1n) is 6.14. The number of nitrogens with zero attached hydrogens (tertiary/aromatic N) is 1. The Bertz CT molecular complexity index is 332. The predicted molar refractivity (Wildman–Crippen MR) is 67.3 cm³/mol. The van der Waals surface area contributed by atoms with Crippen LogP contribution in [0.25, 0.3) is 0 Å². The molecule has 2 heteroatoms. The van der Waals surface area contributed by atoms with Gasteiger partial charge in [-0.2, -0.15) is 0 Å². The monoisotopic (exact) mass is 216 g/mol. The van der Waals surface area contributed by atoms with Crippen LogP contribution in [0.15, 0.2) is 36.7 Å². The number of allylic oxidation sites excluding steroid dienone is 1. The average Bonchev–Trinajstić information content (AvgIpc) is 2.31. The summed E-state index contributed by atoms with van der Waals surface area (Å²) in [6.45, 7) is 2.26. The fraction of sp³-hybridized carbons (Fsp3) is 0.500. The van der Waals surface area contributed by atoms with E-state index in [1.54, 1.807) is 0 Å². The predicted octanol–water partition coefficient (Wildman–Crippen LogP) is 2.71. The summed E-state index contributed by atoms with van der Waals surface area (Å²) in [6, 6.07) is 5.40. The lowest BCUT2D eigenvalue weighted by atomic mass is 10.00. The molecule has 86 valence electrons. The molecule has 0 aliphatic heterocycles. The van der Waals surface area contributed by atoms with Crippen LogP contribution in [0.3, 0.4) is 0 Å². The Kier molecular flexibility index (Phi) is 4.11. The van der Waals surface area contributed by atoms with E-state index in [2.05, 4.69) is 41.5 Å². The van der Waals surface area contributed by atoms with Crippen molar-refractivity contribution < 1.29 is 0 Å².